The van der Waals surface area contributed by atoms with E-state index in [1.165, 1.54) is 16.3 Å². The molecule has 0 fully saturated rings. The van der Waals surface area contributed by atoms with Gasteiger partial charge < -0.3 is 15.2 Å². The van der Waals surface area contributed by atoms with Gasteiger partial charge in [0.15, 0.2) is 22.5 Å². The smallest absolute Gasteiger partial charge is 0.258 e. The number of thioether (sulfide) groups is 1. The maximum atomic E-state index is 5.87. The first-order valence-electron chi connectivity index (χ1n) is 6.09. The normalized spacial score (nSPS) is 13.0. The fourth-order valence-corrected chi connectivity index (χ4v) is 2.39. The molecule has 8 nitrogen and oxygen atoms in total. The van der Waals surface area contributed by atoms with Crippen molar-refractivity contribution in [2.24, 2.45) is 0 Å². The molecular weight excluding hydrogens is 292 g/mol. The molecule has 2 N–H and O–H groups in total. The summed E-state index contributed by atoms with van der Waals surface area (Å²) in [6.45, 7) is 0.229. The Kier molecular flexibility index (Phi) is 2.61. The summed E-state index contributed by atoms with van der Waals surface area (Å²) in [5, 5.41) is 4.89. The highest BCUT2D eigenvalue weighted by Crippen LogP contribution is 2.35. The first-order valence-corrected chi connectivity index (χ1v) is 7.31. The molecule has 0 atom stereocenters. The van der Waals surface area contributed by atoms with Crippen LogP contribution >= 0.6 is 11.8 Å². The summed E-state index contributed by atoms with van der Waals surface area (Å²) in [4.78, 5) is 12.8. The van der Waals surface area contributed by atoms with Gasteiger partial charge in [-0.05, 0) is 24.5 Å². The quantitative estimate of drug-likeness (QED) is 0.705. The van der Waals surface area contributed by atoms with Crippen LogP contribution < -0.4 is 15.2 Å². The molecule has 1 aliphatic rings. The third-order valence-corrected chi connectivity index (χ3v) is 3.57. The SMILES string of the molecule is CSc1nc(N)n2nc(-c3ccc4c(c3)OCO4)nc2n1. The number of hydrogen-bond donors (Lipinski definition) is 1. The van der Waals surface area contributed by atoms with Crippen LogP contribution in [0.25, 0.3) is 17.2 Å². The first kappa shape index (κ1) is 12.2. The minimum Gasteiger partial charge on any atom is -0.454 e. The number of benzene rings is 1. The van der Waals surface area contributed by atoms with E-state index in [2.05, 4.69) is 20.1 Å². The molecule has 0 amide bonds. The van der Waals surface area contributed by atoms with Crippen molar-refractivity contribution in [3.8, 4) is 22.9 Å². The van der Waals surface area contributed by atoms with Crippen LogP contribution in [0.3, 0.4) is 0 Å². The molecule has 3 aromatic rings. The van der Waals surface area contributed by atoms with E-state index in [-0.39, 0.29) is 12.7 Å². The van der Waals surface area contributed by atoms with Crippen LogP contribution in [0.2, 0.25) is 0 Å². The lowest BCUT2D eigenvalue weighted by atomic mass is 10.2. The molecule has 0 spiro atoms. The first-order chi connectivity index (χ1) is 10.2. The van der Waals surface area contributed by atoms with E-state index >= 15 is 0 Å². The van der Waals surface area contributed by atoms with E-state index in [1.807, 2.05) is 24.5 Å². The topological polar surface area (TPSA) is 100 Å². The van der Waals surface area contributed by atoms with Gasteiger partial charge in [-0.15, -0.1) is 5.10 Å². The summed E-state index contributed by atoms with van der Waals surface area (Å²) >= 11 is 1.40. The van der Waals surface area contributed by atoms with Gasteiger partial charge in [0.2, 0.25) is 12.7 Å². The number of ether oxygens (including phenoxy) is 2. The molecule has 0 saturated carbocycles. The summed E-state index contributed by atoms with van der Waals surface area (Å²) in [5.74, 6) is 2.57. The molecule has 9 heteroatoms. The van der Waals surface area contributed by atoms with Crippen molar-refractivity contribution in [1.82, 2.24) is 24.6 Å². The molecule has 1 aliphatic heterocycles. The minimum atomic E-state index is 0.229. The molecule has 1 aromatic carbocycles. The van der Waals surface area contributed by atoms with Gasteiger partial charge in [0.25, 0.3) is 5.78 Å². The largest absolute Gasteiger partial charge is 0.454 e. The second kappa shape index (κ2) is 4.48. The van der Waals surface area contributed by atoms with Crippen LogP contribution in [0.5, 0.6) is 11.5 Å². The number of hydrogen-bond acceptors (Lipinski definition) is 8. The molecule has 0 radical (unpaired) electrons. The Morgan fingerprint density at radius 3 is 2.90 bits per heavy atom. The van der Waals surface area contributed by atoms with Gasteiger partial charge in [0, 0.05) is 5.56 Å². The molecule has 4 rings (SSSR count). The summed E-state index contributed by atoms with van der Waals surface area (Å²) in [6, 6.07) is 5.52. The zero-order valence-electron chi connectivity index (χ0n) is 11.0. The number of aromatic nitrogens is 5. The lowest BCUT2D eigenvalue weighted by Crippen LogP contribution is -2.04. The van der Waals surface area contributed by atoms with Crippen molar-refractivity contribution < 1.29 is 9.47 Å². The highest BCUT2D eigenvalue weighted by Gasteiger charge is 2.17. The minimum absolute atomic E-state index is 0.229. The molecule has 0 saturated heterocycles. The maximum Gasteiger partial charge on any atom is 0.258 e. The molecule has 0 aliphatic carbocycles. The lowest BCUT2D eigenvalue weighted by Gasteiger charge is -1.98. The Morgan fingerprint density at radius 1 is 1.19 bits per heavy atom. The number of fused-ring (bicyclic) bond motifs is 2. The molecule has 21 heavy (non-hydrogen) atoms. The second-order valence-corrected chi connectivity index (χ2v) is 5.06. The number of rotatable bonds is 2. The Bertz CT molecular complexity index is 849. The van der Waals surface area contributed by atoms with Crippen molar-refractivity contribution >= 4 is 23.5 Å². The number of nitrogen functional groups attached to an aromatic ring is 1. The highest BCUT2D eigenvalue weighted by atomic mass is 32.2. The van der Waals surface area contributed by atoms with E-state index in [9.17, 15) is 0 Å². The third kappa shape index (κ3) is 1.93. The zero-order valence-corrected chi connectivity index (χ0v) is 11.8. The van der Waals surface area contributed by atoms with Crippen molar-refractivity contribution in [2.75, 3.05) is 18.8 Å². The zero-order chi connectivity index (χ0) is 14.4. The number of nitrogens with two attached hydrogens (primary N) is 1. The summed E-state index contributed by atoms with van der Waals surface area (Å²) in [7, 11) is 0. The molecule has 3 heterocycles. The van der Waals surface area contributed by atoms with Gasteiger partial charge >= 0.3 is 0 Å². The third-order valence-electron chi connectivity index (χ3n) is 3.03. The van der Waals surface area contributed by atoms with Gasteiger partial charge in [-0.3, -0.25) is 0 Å². The van der Waals surface area contributed by atoms with E-state index in [0.717, 1.165) is 5.56 Å². The fraction of sp³-hybridized carbons (Fsp3) is 0.167. The summed E-state index contributed by atoms with van der Waals surface area (Å²) < 4.78 is 12.1. The monoisotopic (exact) mass is 302 g/mol. The molecule has 0 unspecified atom stereocenters. The van der Waals surface area contributed by atoms with Gasteiger partial charge in [-0.25, -0.2) is 0 Å². The average molecular weight is 302 g/mol. The van der Waals surface area contributed by atoms with Crippen LogP contribution in [0, 0.1) is 0 Å². The summed E-state index contributed by atoms with van der Waals surface area (Å²) in [5.41, 5.74) is 6.67. The molecule has 0 bridgehead atoms. The fourth-order valence-electron chi connectivity index (χ4n) is 2.04. The van der Waals surface area contributed by atoms with E-state index in [0.29, 0.717) is 28.3 Å². The van der Waals surface area contributed by atoms with Crippen LogP contribution in [0.15, 0.2) is 23.4 Å². The van der Waals surface area contributed by atoms with Crippen molar-refractivity contribution in [3.05, 3.63) is 18.2 Å². The lowest BCUT2D eigenvalue weighted by molar-refractivity contribution is 0.174. The van der Waals surface area contributed by atoms with E-state index < -0.39 is 0 Å². The van der Waals surface area contributed by atoms with Gasteiger partial charge in [-0.2, -0.15) is 19.5 Å². The van der Waals surface area contributed by atoms with Crippen LogP contribution in [0.4, 0.5) is 5.95 Å². The van der Waals surface area contributed by atoms with Crippen LogP contribution in [-0.4, -0.2) is 37.6 Å². The Morgan fingerprint density at radius 2 is 2.05 bits per heavy atom. The second-order valence-electron chi connectivity index (χ2n) is 4.28. The summed E-state index contributed by atoms with van der Waals surface area (Å²) in [6.07, 6.45) is 1.88. The van der Waals surface area contributed by atoms with Gasteiger partial charge in [-0.1, -0.05) is 11.8 Å². The molecular formula is C12H10N6O2S. The van der Waals surface area contributed by atoms with Crippen LogP contribution in [0.1, 0.15) is 0 Å². The van der Waals surface area contributed by atoms with Crippen LogP contribution in [-0.2, 0) is 0 Å². The maximum absolute atomic E-state index is 5.87. The van der Waals surface area contributed by atoms with Crippen molar-refractivity contribution in [1.29, 1.82) is 0 Å². The Hall–Kier alpha value is -2.55. The Labute approximate surface area is 123 Å². The van der Waals surface area contributed by atoms with Crippen molar-refractivity contribution in [2.45, 2.75) is 5.16 Å². The molecule has 106 valence electrons. The number of nitrogens with zero attached hydrogens (tertiary/aromatic N) is 5. The Balaban J connectivity index is 1.85. The highest BCUT2D eigenvalue weighted by molar-refractivity contribution is 7.98. The average Bonchev–Trinajstić information content (AvgIpc) is 3.12. The standard InChI is InChI=1S/C12H10N6O2S/c1-21-12-15-10(13)18-11(16-12)14-9(17-18)6-2-3-7-8(4-6)20-5-19-7/h2-4H,5H2,1H3,(H2,13,14,15,16,17). The predicted molar refractivity (Wildman–Crippen MR) is 76.3 cm³/mol. The van der Waals surface area contributed by atoms with E-state index in [4.69, 9.17) is 15.2 Å². The van der Waals surface area contributed by atoms with E-state index in [1.54, 1.807) is 0 Å². The van der Waals surface area contributed by atoms with Gasteiger partial charge in [0.1, 0.15) is 0 Å². The van der Waals surface area contributed by atoms with Gasteiger partial charge in [0.05, 0.1) is 0 Å². The van der Waals surface area contributed by atoms with Crippen molar-refractivity contribution in [3.63, 3.8) is 0 Å². The number of anilines is 1. The predicted octanol–water partition coefficient (Wildman–Crippen LogP) is 1.22. The molecule has 2 aromatic heterocycles.